The van der Waals surface area contributed by atoms with Gasteiger partial charge in [-0.1, -0.05) is 129 Å². The van der Waals surface area contributed by atoms with Gasteiger partial charge in [0, 0.05) is 37.5 Å². The molecule has 1 saturated carbocycles. The van der Waals surface area contributed by atoms with Gasteiger partial charge in [-0.2, -0.15) is 0 Å². The molecule has 1 aliphatic rings. The number of aliphatic hydroxyl groups excluding tert-OH is 5. The van der Waals surface area contributed by atoms with Crippen molar-refractivity contribution >= 4 is 11.7 Å². The molecule has 0 bridgehead atoms. The van der Waals surface area contributed by atoms with Gasteiger partial charge in [0.05, 0.1) is 37.1 Å². The first-order chi connectivity index (χ1) is 22.2. The van der Waals surface area contributed by atoms with Crippen LogP contribution in [-0.2, 0) is 9.59 Å². The van der Waals surface area contributed by atoms with E-state index in [0.717, 1.165) is 38.5 Å². The van der Waals surface area contributed by atoms with Crippen molar-refractivity contribution in [3.8, 4) is 0 Å². The second-order valence-corrected chi connectivity index (χ2v) is 14.0. The van der Waals surface area contributed by atoms with Gasteiger partial charge in [-0.05, 0) is 25.7 Å². The molecule has 0 aliphatic heterocycles. The van der Waals surface area contributed by atoms with Gasteiger partial charge in [-0.25, -0.2) is 0 Å². The van der Waals surface area contributed by atoms with Crippen LogP contribution in [0.4, 0.5) is 0 Å². The van der Waals surface area contributed by atoms with E-state index in [1.165, 1.54) is 64.2 Å². The maximum absolute atomic E-state index is 12.7. The second-order valence-electron chi connectivity index (χ2n) is 14.0. The summed E-state index contributed by atoms with van der Waals surface area (Å²) in [6.07, 6.45) is 23.1. The molecule has 0 spiro atoms. The molecule has 0 unspecified atom stereocenters. The Morgan fingerprint density at radius 3 is 1.83 bits per heavy atom. The van der Waals surface area contributed by atoms with E-state index in [1.807, 2.05) is 0 Å². The highest BCUT2D eigenvalue weighted by atomic mass is 16.3. The van der Waals surface area contributed by atoms with Crippen molar-refractivity contribution in [2.24, 2.45) is 11.8 Å². The van der Waals surface area contributed by atoms with Crippen LogP contribution < -0.4 is 5.32 Å². The number of Topliss-reactive ketones (excluding diaryl/α,β-unsaturated/α-hetero) is 1. The molecule has 8 nitrogen and oxygen atoms in total. The molecule has 0 heterocycles. The molecule has 46 heavy (non-hydrogen) atoms. The Hall–Kier alpha value is -1.32. The van der Waals surface area contributed by atoms with E-state index in [2.05, 4.69) is 19.2 Å². The van der Waals surface area contributed by atoms with Crippen LogP contribution in [0, 0.1) is 11.8 Å². The molecule has 0 aromatic heterocycles. The fourth-order valence-corrected chi connectivity index (χ4v) is 6.71. The summed E-state index contributed by atoms with van der Waals surface area (Å²) in [6, 6.07) is -0.683. The predicted octanol–water partition coefficient (Wildman–Crippen LogP) is 6.68. The minimum absolute atomic E-state index is 0.0121. The van der Waals surface area contributed by atoms with Crippen LogP contribution in [-0.4, -0.2) is 74.3 Å². The Morgan fingerprint density at radius 1 is 0.717 bits per heavy atom. The molecule has 270 valence electrons. The number of amides is 1. The molecule has 1 rings (SSSR count). The number of nitrogens with one attached hydrogen (secondary N) is 1. The van der Waals surface area contributed by atoms with E-state index in [-0.39, 0.29) is 55.8 Å². The Labute approximate surface area is 280 Å². The van der Waals surface area contributed by atoms with Gasteiger partial charge in [-0.3, -0.25) is 9.59 Å². The Morgan fingerprint density at radius 2 is 1.24 bits per heavy atom. The van der Waals surface area contributed by atoms with Gasteiger partial charge < -0.3 is 30.8 Å². The van der Waals surface area contributed by atoms with Crippen molar-refractivity contribution in [1.29, 1.82) is 0 Å². The van der Waals surface area contributed by atoms with Gasteiger partial charge in [0.2, 0.25) is 5.91 Å². The molecule has 1 amide bonds. The van der Waals surface area contributed by atoms with Crippen LogP contribution in [0.25, 0.3) is 0 Å². The van der Waals surface area contributed by atoms with Gasteiger partial charge in [-0.15, -0.1) is 0 Å². The highest BCUT2D eigenvalue weighted by molar-refractivity contribution is 5.79. The number of aliphatic hydroxyl groups is 5. The van der Waals surface area contributed by atoms with Crippen molar-refractivity contribution in [3.63, 3.8) is 0 Å². The lowest BCUT2D eigenvalue weighted by atomic mass is 9.87. The largest absolute Gasteiger partial charge is 0.394 e. The molecule has 1 fully saturated rings. The third-order valence-corrected chi connectivity index (χ3v) is 9.76. The lowest BCUT2D eigenvalue weighted by Gasteiger charge is -2.22. The zero-order chi connectivity index (χ0) is 34.0. The highest BCUT2D eigenvalue weighted by Gasteiger charge is 2.41. The van der Waals surface area contributed by atoms with Crippen molar-refractivity contribution in [3.05, 3.63) is 12.2 Å². The summed E-state index contributed by atoms with van der Waals surface area (Å²) in [6.45, 7) is 4.04. The van der Waals surface area contributed by atoms with Crippen molar-refractivity contribution in [2.75, 3.05) is 6.61 Å². The maximum Gasteiger partial charge on any atom is 0.220 e. The van der Waals surface area contributed by atoms with Crippen LogP contribution in [0.1, 0.15) is 168 Å². The number of carbonyl (C=O) groups excluding carboxylic acids is 2. The fraction of sp³-hybridized carbons (Fsp3) is 0.895. The van der Waals surface area contributed by atoms with Crippen LogP contribution in [0.15, 0.2) is 12.2 Å². The number of hydrogen-bond donors (Lipinski definition) is 6. The zero-order valence-electron chi connectivity index (χ0n) is 29.4. The molecule has 7 atom stereocenters. The van der Waals surface area contributed by atoms with E-state index in [1.54, 1.807) is 12.2 Å². The second kappa shape index (κ2) is 27.6. The quantitative estimate of drug-likeness (QED) is 0.0374. The molecule has 0 saturated heterocycles. The van der Waals surface area contributed by atoms with E-state index in [0.29, 0.717) is 25.7 Å². The number of unbranched alkanes of at least 4 members (excludes halogenated alkanes) is 15. The van der Waals surface area contributed by atoms with Gasteiger partial charge in [0.15, 0.2) is 0 Å². The van der Waals surface area contributed by atoms with Crippen LogP contribution in [0.2, 0.25) is 0 Å². The third-order valence-electron chi connectivity index (χ3n) is 9.76. The molecule has 1 aliphatic carbocycles. The van der Waals surface area contributed by atoms with Crippen molar-refractivity contribution in [2.45, 2.75) is 198 Å². The Kier molecular flexibility index (Phi) is 25.6. The average molecular weight is 654 g/mol. The van der Waals surface area contributed by atoms with Gasteiger partial charge >= 0.3 is 0 Å². The van der Waals surface area contributed by atoms with E-state index in [9.17, 15) is 35.1 Å². The molecule has 0 aromatic rings. The predicted molar refractivity (Wildman–Crippen MR) is 186 cm³/mol. The standard InChI is InChI=1S/C38H71NO7/c1-3-5-7-8-9-10-11-12-13-14-15-16-18-23-35(43)34(29-40)39-38(46)24-20-19-22-31(42)27-33-32(36(44)28-37(33)45)26-25-30(41)21-17-6-4-2/h25-26,30,32-37,40-41,43-45H,3-24,27-29H2,1-2H3,(H,39,46)/b26-25+/t30-,32+,33+,34-,35+,36+,37-/m0/s1. The molecular weight excluding hydrogens is 582 g/mol. The summed E-state index contributed by atoms with van der Waals surface area (Å²) in [5, 5.41) is 54.1. The first kappa shape index (κ1) is 42.7. The fourth-order valence-electron chi connectivity index (χ4n) is 6.71. The molecule has 0 aromatic carbocycles. The van der Waals surface area contributed by atoms with Gasteiger partial charge in [0.1, 0.15) is 5.78 Å². The minimum atomic E-state index is -0.782. The summed E-state index contributed by atoms with van der Waals surface area (Å²) in [5.74, 6) is -1.01. The van der Waals surface area contributed by atoms with Crippen LogP contribution in [0.5, 0.6) is 0 Å². The number of carbonyl (C=O) groups is 2. The highest BCUT2D eigenvalue weighted by Crippen LogP contribution is 2.36. The van der Waals surface area contributed by atoms with Crippen molar-refractivity contribution in [1.82, 2.24) is 5.32 Å². The van der Waals surface area contributed by atoms with Crippen LogP contribution >= 0.6 is 0 Å². The number of hydrogen-bond acceptors (Lipinski definition) is 7. The van der Waals surface area contributed by atoms with Crippen LogP contribution in [0.3, 0.4) is 0 Å². The first-order valence-corrected chi connectivity index (χ1v) is 19.1. The first-order valence-electron chi connectivity index (χ1n) is 19.1. The monoisotopic (exact) mass is 654 g/mol. The maximum atomic E-state index is 12.7. The van der Waals surface area contributed by atoms with E-state index in [4.69, 9.17) is 0 Å². The van der Waals surface area contributed by atoms with E-state index >= 15 is 0 Å². The molecule has 6 N–H and O–H groups in total. The summed E-state index contributed by atoms with van der Waals surface area (Å²) in [7, 11) is 0. The minimum Gasteiger partial charge on any atom is -0.394 e. The average Bonchev–Trinajstić information content (AvgIpc) is 3.30. The topological polar surface area (TPSA) is 147 Å². The molecular formula is C38H71NO7. The summed E-state index contributed by atoms with van der Waals surface area (Å²) < 4.78 is 0. The number of rotatable bonds is 30. The SMILES string of the molecule is CCCCCCCCCCCCCCC[C@@H](O)[C@H](CO)NC(=O)CCCCC(=O)C[C@@H]1[C@@H](/C=C/[C@@H](O)CCCCC)[C@H](O)C[C@@H]1O. The lowest BCUT2D eigenvalue weighted by Crippen LogP contribution is -2.45. The Balaban J connectivity index is 2.21. The van der Waals surface area contributed by atoms with Crippen molar-refractivity contribution < 1.29 is 35.1 Å². The summed E-state index contributed by atoms with van der Waals surface area (Å²) in [4.78, 5) is 25.2. The number of ketones is 1. The lowest BCUT2D eigenvalue weighted by molar-refractivity contribution is -0.124. The third kappa shape index (κ3) is 20.1. The summed E-state index contributed by atoms with van der Waals surface area (Å²) >= 11 is 0. The van der Waals surface area contributed by atoms with E-state index < -0.39 is 30.5 Å². The Bertz CT molecular complexity index is 791. The normalized spacial score (nSPS) is 21.9. The molecule has 0 radical (unpaired) electrons. The zero-order valence-corrected chi connectivity index (χ0v) is 29.4. The smallest absolute Gasteiger partial charge is 0.220 e. The molecule has 8 heteroatoms. The van der Waals surface area contributed by atoms with Gasteiger partial charge in [0.25, 0.3) is 0 Å². The summed E-state index contributed by atoms with van der Waals surface area (Å²) in [5.41, 5.74) is 0.